The van der Waals surface area contributed by atoms with Crippen molar-refractivity contribution in [2.45, 2.75) is 12.8 Å². The molecule has 0 unspecified atom stereocenters. The number of anilines is 1. The SMILES string of the molecule is Nc1nc(CCOCC(F)F)no1. The Morgan fingerprint density at radius 2 is 2.31 bits per heavy atom. The lowest BCUT2D eigenvalue weighted by atomic mass is 10.4. The number of alkyl halides is 2. The third-order valence-electron chi connectivity index (χ3n) is 1.20. The maximum atomic E-state index is 11.6. The minimum Gasteiger partial charge on any atom is -0.375 e. The number of nitrogen functional groups attached to an aromatic ring is 1. The largest absolute Gasteiger partial charge is 0.375 e. The summed E-state index contributed by atoms with van der Waals surface area (Å²) in [4.78, 5) is 3.66. The lowest BCUT2D eigenvalue weighted by Gasteiger charge is -1.99. The molecule has 0 radical (unpaired) electrons. The van der Waals surface area contributed by atoms with Crippen molar-refractivity contribution in [3.8, 4) is 0 Å². The Labute approximate surface area is 72.9 Å². The van der Waals surface area contributed by atoms with Gasteiger partial charge in [-0.25, -0.2) is 8.78 Å². The summed E-state index contributed by atoms with van der Waals surface area (Å²) in [5.41, 5.74) is 5.13. The van der Waals surface area contributed by atoms with Crippen LogP contribution in [0.3, 0.4) is 0 Å². The minimum absolute atomic E-state index is 0.0381. The van der Waals surface area contributed by atoms with Gasteiger partial charge in [0.05, 0.1) is 6.61 Å². The zero-order chi connectivity index (χ0) is 9.68. The quantitative estimate of drug-likeness (QED) is 0.688. The minimum atomic E-state index is -2.45. The first-order chi connectivity index (χ1) is 6.18. The number of ether oxygens (including phenoxy) is 1. The Kier molecular flexibility index (Phi) is 3.56. The highest BCUT2D eigenvalue weighted by Gasteiger charge is 2.04. The van der Waals surface area contributed by atoms with Crippen molar-refractivity contribution in [1.82, 2.24) is 10.1 Å². The molecule has 0 saturated heterocycles. The van der Waals surface area contributed by atoms with Crippen LogP contribution in [0.1, 0.15) is 5.82 Å². The van der Waals surface area contributed by atoms with E-state index in [1.54, 1.807) is 0 Å². The van der Waals surface area contributed by atoms with Crippen molar-refractivity contribution in [3.63, 3.8) is 0 Å². The molecule has 13 heavy (non-hydrogen) atoms. The van der Waals surface area contributed by atoms with Crippen LogP contribution in [-0.2, 0) is 11.2 Å². The molecule has 2 N–H and O–H groups in total. The molecule has 1 aromatic heterocycles. The van der Waals surface area contributed by atoms with Gasteiger partial charge >= 0.3 is 6.01 Å². The number of nitrogens with two attached hydrogens (primary N) is 1. The Balaban J connectivity index is 2.13. The first kappa shape index (κ1) is 9.85. The Bertz CT molecular complexity index is 254. The zero-order valence-corrected chi connectivity index (χ0v) is 6.74. The Morgan fingerprint density at radius 1 is 1.54 bits per heavy atom. The molecule has 0 spiro atoms. The molecule has 0 aliphatic carbocycles. The number of halogens is 2. The summed E-state index contributed by atoms with van der Waals surface area (Å²) in [6.07, 6.45) is -2.14. The summed E-state index contributed by atoms with van der Waals surface area (Å²) in [7, 11) is 0. The Hall–Kier alpha value is -1.24. The number of nitrogens with zero attached hydrogens (tertiary/aromatic N) is 2. The highest BCUT2D eigenvalue weighted by atomic mass is 19.3. The standard InChI is InChI=1S/C6H9F2N3O2/c7-4(8)3-12-2-1-5-10-6(9)13-11-5/h4H,1-3H2,(H2,9,10,11). The Morgan fingerprint density at radius 3 is 2.85 bits per heavy atom. The van der Waals surface area contributed by atoms with Gasteiger partial charge in [0, 0.05) is 6.42 Å². The van der Waals surface area contributed by atoms with Gasteiger partial charge in [-0.3, -0.25) is 0 Å². The van der Waals surface area contributed by atoms with E-state index in [2.05, 4.69) is 19.4 Å². The molecular weight excluding hydrogens is 184 g/mol. The number of rotatable bonds is 5. The van der Waals surface area contributed by atoms with E-state index in [-0.39, 0.29) is 12.6 Å². The van der Waals surface area contributed by atoms with Crippen LogP contribution in [0.4, 0.5) is 14.8 Å². The number of hydrogen-bond donors (Lipinski definition) is 1. The van der Waals surface area contributed by atoms with Gasteiger partial charge in [0.25, 0.3) is 6.43 Å². The molecule has 0 aromatic carbocycles. The lowest BCUT2D eigenvalue weighted by molar-refractivity contribution is 0.0182. The number of hydrogen-bond acceptors (Lipinski definition) is 5. The summed E-state index contributed by atoms with van der Waals surface area (Å²) in [6.45, 7) is -0.448. The van der Waals surface area contributed by atoms with E-state index in [4.69, 9.17) is 5.73 Å². The molecule has 5 nitrogen and oxygen atoms in total. The van der Waals surface area contributed by atoms with Crippen molar-refractivity contribution in [1.29, 1.82) is 0 Å². The molecule has 0 bridgehead atoms. The maximum Gasteiger partial charge on any atom is 0.318 e. The summed E-state index contributed by atoms with van der Waals surface area (Å²) in [5.74, 6) is 0.353. The molecule has 0 fully saturated rings. The third kappa shape index (κ3) is 3.79. The summed E-state index contributed by atoms with van der Waals surface area (Å²) < 4.78 is 32.2. The van der Waals surface area contributed by atoms with E-state index in [0.29, 0.717) is 12.2 Å². The summed E-state index contributed by atoms with van der Waals surface area (Å²) >= 11 is 0. The first-order valence-corrected chi connectivity index (χ1v) is 3.62. The van der Waals surface area contributed by atoms with Crippen LogP contribution in [-0.4, -0.2) is 29.8 Å². The van der Waals surface area contributed by atoms with Crippen molar-refractivity contribution in [2.75, 3.05) is 18.9 Å². The summed E-state index contributed by atoms with van der Waals surface area (Å²) in [6, 6.07) is -0.0381. The molecule has 1 heterocycles. The van der Waals surface area contributed by atoms with Crippen molar-refractivity contribution < 1.29 is 18.0 Å². The van der Waals surface area contributed by atoms with Gasteiger partial charge in [-0.1, -0.05) is 5.16 Å². The van der Waals surface area contributed by atoms with Crippen LogP contribution >= 0.6 is 0 Å². The fourth-order valence-electron chi connectivity index (χ4n) is 0.705. The van der Waals surface area contributed by atoms with Crippen molar-refractivity contribution >= 4 is 6.01 Å². The van der Waals surface area contributed by atoms with E-state index in [9.17, 15) is 8.78 Å². The van der Waals surface area contributed by atoms with E-state index in [0.717, 1.165) is 0 Å². The van der Waals surface area contributed by atoms with Gasteiger partial charge in [-0.05, 0) is 0 Å². The molecule has 0 atom stereocenters. The fraction of sp³-hybridized carbons (Fsp3) is 0.667. The van der Waals surface area contributed by atoms with Gasteiger partial charge in [0.2, 0.25) is 0 Å². The molecule has 0 saturated carbocycles. The zero-order valence-electron chi connectivity index (χ0n) is 6.74. The predicted molar refractivity (Wildman–Crippen MR) is 39.2 cm³/mol. The molecular formula is C6H9F2N3O2. The number of aromatic nitrogens is 2. The van der Waals surface area contributed by atoms with E-state index < -0.39 is 13.0 Å². The lowest BCUT2D eigenvalue weighted by Crippen LogP contribution is -2.07. The molecule has 0 amide bonds. The van der Waals surface area contributed by atoms with E-state index in [1.165, 1.54) is 0 Å². The molecule has 0 aliphatic heterocycles. The van der Waals surface area contributed by atoms with E-state index >= 15 is 0 Å². The van der Waals surface area contributed by atoms with Gasteiger partial charge in [-0.2, -0.15) is 4.98 Å². The highest BCUT2D eigenvalue weighted by Crippen LogP contribution is 1.99. The monoisotopic (exact) mass is 193 g/mol. The normalized spacial score (nSPS) is 11.0. The topological polar surface area (TPSA) is 74.2 Å². The maximum absolute atomic E-state index is 11.6. The van der Waals surface area contributed by atoms with E-state index in [1.807, 2.05) is 0 Å². The molecule has 0 aliphatic rings. The molecule has 74 valence electrons. The first-order valence-electron chi connectivity index (χ1n) is 3.62. The van der Waals surface area contributed by atoms with Crippen LogP contribution in [0.2, 0.25) is 0 Å². The van der Waals surface area contributed by atoms with Crippen LogP contribution < -0.4 is 5.73 Å². The van der Waals surface area contributed by atoms with Gasteiger partial charge in [0.1, 0.15) is 6.61 Å². The summed E-state index contributed by atoms with van der Waals surface area (Å²) in [5, 5.41) is 3.45. The average molecular weight is 193 g/mol. The molecule has 7 heteroatoms. The van der Waals surface area contributed by atoms with Gasteiger partial charge in [-0.15, -0.1) is 0 Å². The molecule has 1 rings (SSSR count). The van der Waals surface area contributed by atoms with Crippen molar-refractivity contribution in [3.05, 3.63) is 5.82 Å². The second kappa shape index (κ2) is 4.70. The predicted octanol–water partition coefficient (Wildman–Crippen LogP) is 0.476. The van der Waals surface area contributed by atoms with Gasteiger partial charge < -0.3 is 15.0 Å². The molecule has 1 aromatic rings. The van der Waals surface area contributed by atoms with Crippen LogP contribution in [0, 0.1) is 0 Å². The van der Waals surface area contributed by atoms with Crippen LogP contribution in [0.25, 0.3) is 0 Å². The second-order valence-corrected chi connectivity index (χ2v) is 2.26. The van der Waals surface area contributed by atoms with Crippen LogP contribution in [0.15, 0.2) is 4.52 Å². The second-order valence-electron chi connectivity index (χ2n) is 2.26. The van der Waals surface area contributed by atoms with Gasteiger partial charge in [0.15, 0.2) is 5.82 Å². The highest BCUT2D eigenvalue weighted by molar-refractivity contribution is 5.06. The average Bonchev–Trinajstić information content (AvgIpc) is 2.45. The smallest absolute Gasteiger partial charge is 0.318 e. The fourth-order valence-corrected chi connectivity index (χ4v) is 0.705. The van der Waals surface area contributed by atoms with Crippen molar-refractivity contribution in [2.24, 2.45) is 0 Å². The third-order valence-corrected chi connectivity index (χ3v) is 1.20. The van der Waals surface area contributed by atoms with Crippen LogP contribution in [0.5, 0.6) is 0 Å².